The average molecular weight is 432 g/mol. The van der Waals surface area contributed by atoms with E-state index in [4.69, 9.17) is 4.74 Å². The second-order valence-electron chi connectivity index (χ2n) is 8.09. The molecule has 5 rings (SSSR count). The Balaban J connectivity index is 1.38. The quantitative estimate of drug-likeness (QED) is 0.673. The molecule has 1 aliphatic heterocycles. The molecule has 10 heteroatoms. The van der Waals surface area contributed by atoms with Crippen molar-refractivity contribution in [3.05, 3.63) is 34.5 Å². The van der Waals surface area contributed by atoms with Gasteiger partial charge in [0.25, 0.3) is 10.0 Å². The number of hydrogen-bond donors (Lipinski definition) is 3. The van der Waals surface area contributed by atoms with Crippen LogP contribution >= 0.6 is 0 Å². The molecule has 0 radical (unpaired) electrons. The predicted molar refractivity (Wildman–Crippen MR) is 110 cm³/mol. The third kappa shape index (κ3) is 3.24. The van der Waals surface area contributed by atoms with Crippen molar-refractivity contribution in [2.45, 2.75) is 56.0 Å². The summed E-state index contributed by atoms with van der Waals surface area (Å²) in [6, 6.07) is 1.55. The van der Waals surface area contributed by atoms with E-state index in [-0.39, 0.29) is 16.8 Å². The Labute approximate surface area is 175 Å². The van der Waals surface area contributed by atoms with Crippen LogP contribution in [0.1, 0.15) is 35.1 Å². The molecule has 9 nitrogen and oxygen atoms in total. The minimum Gasteiger partial charge on any atom is -0.475 e. The number of aromatic nitrogens is 2. The summed E-state index contributed by atoms with van der Waals surface area (Å²) in [6.45, 7) is 0.828. The highest BCUT2D eigenvalue weighted by Crippen LogP contribution is 2.38. The lowest BCUT2D eigenvalue weighted by Crippen LogP contribution is -2.40. The van der Waals surface area contributed by atoms with Crippen LogP contribution in [0.2, 0.25) is 0 Å². The summed E-state index contributed by atoms with van der Waals surface area (Å²) in [5, 5.41) is 10.0. The van der Waals surface area contributed by atoms with Gasteiger partial charge >= 0.3 is 6.03 Å². The molecule has 0 bridgehead atoms. The molecule has 160 valence electrons. The number of anilines is 1. The first-order chi connectivity index (χ1) is 14.5. The Kier molecular flexibility index (Phi) is 4.70. The summed E-state index contributed by atoms with van der Waals surface area (Å²) in [5.74, 6) is 0.156. The van der Waals surface area contributed by atoms with Gasteiger partial charge in [-0.3, -0.25) is 0 Å². The molecule has 2 aliphatic carbocycles. The standard InChI is InChI=1S/C20H25N5O4S/c1-21-14-10-25-19(29-11-14)17(9-22-25)30(27,28)24-20(26)23-18-15-6-2-4-12(15)8-13-5-3-7-16(13)18/h8-9,14,21H,2-7,10-11H2,1H3,(H2,23,24,26)/t14-/m0/s1. The van der Waals surface area contributed by atoms with E-state index in [1.807, 2.05) is 7.05 Å². The number of aryl methyl sites for hydroxylation is 2. The Bertz CT molecular complexity index is 1090. The maximum atomic E-state index is 12.9. The molecule has 3 N–H and O–H groups in total. The number of nitrogens with zero attached hydrogens (tertiary/aromatic N) is 2. The van der Waals surface area contributed by atoms with Crippen molar-refractivity contribution in [1.29, 1.82) is 0 Å². The Morgan fingerprint density at radius 1 is 1.17 bits per heavy atom. The van der Waals surface area contributed by atoms with Gasteiger partial charge in [0, 0.05) is 5.69 Å². The number of ether oxygens (including phenoxy) is 1. The van der Waals surface area contributed by atoms with E-state index in [0.29, 0.717) is 13.2 Å². The topological polar surface area (TPSA) is 114 Å². The van der Waals surface area contributed by atoms with E-state index in [9.17, 15) is 13.2 Å². The van der Waals surface area contributed by atoms with Crippen molar-refractivity contribution in [3.8, 4) is 5.88 Å². The van der Waals surface area contributed by atoms with Gasteiger partial charge in [0.2, 0.25) is 5.88 Å². The van der Waals surface area contributed by atoms with Gasteiger partial charge < -0.3 is 15.4 Å². The first-order valence-electron chi connectivity index (χ1n) is 10.3. The number of nitrogens with one attached hydrogen (secondary N) is 3. The molecular weight excluding hydrogens is 406 g/mol. The van der Waals surface area contributed by atoms with Gasteiger partial charge in [0.05, 0.1) is 18.8 Å². The Morgan fingerprint density at radius 2 is 1.87 bits per heavy atom. The smallest absolute Gasteiger partial charge is 0.333 e. The van der Waals surface area contributed by atoms with Crippen molar-refractivity contribution in [1.82, 2.24) is 19.8 Å². The molecule has 2 aromatic rings. The van der Waals surface area contributed by atoms with Gasteiger partial charge in [-0.1, -0.05) is 6.07 Å². The predicted octanol–water partition coefficient (Wildman–Crippen LogP) is 1.35. The molecule has 0 saturated heterocycles. The molecule has 2 amide bonds. The van der Waals surface area contributed by atoms with Gasteiger partial charge in [-0.2, -0.15) is 5.10 Å². The van der Waals surface area contributed by atoms with Crippen LogP contribution < -0.4 is 20.1 Å². The second-order valence-corrected chi connectivity index (χ2v) is 9.74. The fourth-order valence-corrected chi connectivity index (χ4v) is 5.70. The molecule has 1 atom stereocenters. The van der Waals surface area contributed by atoms with Crippen LogP contribution in [-0.2, 0) is 42.3 Å². The van der Waals surface area contributed by atoms with Crippen LogP contribution in [0.15, 0.2) is 17.2 Å². The number of amides is 2. The van der Waals surface area contributed by atoms with Crippen LogP contribution in [0, 0.1) is 0 Å². The molecule has 1 aromatic carbocycles. The molecule has 0 unspecified atom stereocenters. The number of urea groups is 1. The fourth-order valence-electron chi connectivity index (χ4n) is 4.72. The van der Waals surface area contributed by atoms with Crippen molar-refractivity contribution >= 4 is 21.7 Å². The molecule has 3 aliphatic rings. The van der Waals surface area contributed by atoms with Crippen molar-refractivity contribution < 1.29 is 17.9 Å². The molecule has 0 saturated carbocycles. The SMILES string of the molecule is CN[C@@H]1COc2c(S(=O)(=O)NC(=O)Nc3c4c(cc5c3CCC5)CCC4)cnn2C1. The first-order valence-corrected chi connectivity index (χ1v) is 11.8. The van der Waals surface area contributed by atoms with Gasteiger partial charge in [-0.15, -0.1) is 0 Å². The summed E-state index contributed by atoms with van der Waals surface area (Å²) < 4.78 is 35.0. The molecule has 0 spiro atoms. The van der Waals surface area contributed by atoms with Gasteiger partial charge in [-0.25, -0.2) is 22.6 Å². The van der Waals surface area contributed by atoms with E-state index < -0.39 is 16.1 Å². The van der Waals surface area contributed by atoms with E-state index in [0.717, 1.165) is 55.3 Å². The maximum Gasteiger partial charge on any atom is 0.333 e. The lowest BCUT2D eigenvalue weighted by molar-refractivity contribution is 0.184. The number of fused-ring (bicyclic) bond motifs is 3. The summed E-state index contributed by atoms with van der Waals surface area (Å²) in [7, 11) is -2.31. The zero-order valence-electron chi connectivity index (χ0n) is 16.8. The number of carbonyl (C=O) groups is 1. The zero-order chi connectivity index (χ0) is 20.9. The summed E-state index contributed by atoms with van der Waals surface area (Å²) >= 11 is 0. The highest BCUT2D eigenvalue weighted by molar-refractivity contribution is 7.90. The number of sulfonamides is 1. The molecule has 1 aromatic heterocycles. The Hall–Kier alpha value is -2.59. The molecule has 30 heavy (non-hydrogen) atoms. The zero-order valence-corrected chi connectivity index (χ0v) is 17.6. The van der Waals surface area contributed by atoms with Crippen molar-refractivity contribution in [2.75, 3.05) is 19.0 Å². The highest BCUT2D eigenvalue weighted by atomic mass is 32.2. The van der Waals surface area contributed by atoms with Crippen LogP contribution in [0.4, 0.5) is 10.5 Å². The van der Waals surface area contributed by atoms with E-state index >= 15 is 0 Å². The van der Waals surface area contributed by atoms with E-state index in [2.05, 4.69) is 26.5 Å². The van der Waals surface area contributed by atoms with Gasteiger partial charge in [0.15, 0.2) is 4.90 Å². The van der Waals surface area contributed by atoms with Crippen LogP contribution in [0.5, 0.6) is 5.88 Å². The second kappa shape index (κ2) is 7.28. The number of hydrogen-bond acceptors (Lipinski definition) is 6. The van der Waals surface area contributed by atoms with Crippen LogP contribution in [0.3, 0.4) is 0 Å². The lowest BCUT2D eigenvalue weighted by atomic mass is 9.99. The molecule has 2 heterocycles. The van der Waals surface area contributed by atoms with Gasteiger partial charge in [-0.05, 0) is 67.8 Å². The highest BCUT2D eigenvalue weighted by Gasteiger charge is 2.31. The van der Waals surface area contributed by atoms with E-state index in [1.54, 1.807) is 0 Å². The first kappa shape index (κ1) is 19.4. The third-order valence-electron chi connectivity index (χ3n) is 6.21. The lowest BCUT2D eigenvalue weighted by Gasteiger charge is -2.24. The molecular formula is C20H25N5O4S. The maximum absolute atomic E-state index is 12.9. The van der Waals surface area contributed by atoms with Crippen molar-refractivity contribution in [2.24, 2.45) is 0 Å². The summed E-state index contributed by atoms with van der Waals surface area (Å²) in [5.41, 5.74) is 5.63. The third-order valence-corrected chi connectivity index (χ3v) is 7.52. The van der Waals surface area contributed by atoms with Gasteiger partial charge in [0.1, 0.15) is 6.61 Å². The van der Waals surface area contributed by atoms with Crippen LogP contribution in [-0.4, -0.2) is 43.9 Å². The monoisotopic (exact) mass is 431 g/mol. The van der Waals surface area contributed by atoms with Crippen molar-refractivity contribution in [3.63, 3.8) is 0 Å². The summed E-state index contributed by atoms with van der Waals surface area (Å²) in [6.07, 6.45) is 7.15. The van der Waals surface area contributed by atoms with Crippen LogP contribution in [0.25, 0.3) is 0 Å². The normalized spacial score (nSPS) is 19.6. The summed E-state index contributed by atoms with van der Waals surface area (Å²) in [4.78, 5) is 12.6. The minimum atomic E-state index is -4.12. The Morgan fingerprint density at radius 3 is 2.53 bits per heavy atom. The number of rotatable bonds is 4. The number of carbonyl (C=O) groups excluding carboxylic acids is 1. The number of likely N-dealkylation sites (N-methyl/N-ethyl adjacent to an activating group) is 1. The average Bonchev–Trinajstić information content (AvgIpc) is 3.45. The molecule has 0 fully saturated rings. The fraction of sp³-hybridized carbons (Fsp3) is 0.500. The minimum absolute atomic E-state index is 0.0477. The number of benzene rings is 1. The largest absolute Gasteiger partial charge is 0.475 e. The van der Waals surface area contributed by atoms with E-state index in [1.165, 1.54) is 22.0 Å².